The first-order chi connectivity index (χ1) is 12.5. The van der Waals surface area contributed by atoms with Crippen molar-refractivity contribution in [3.05, 3.63) is 53.4 Å². The van der Waals surface area contributed by atoms with Gasteiger partial charge in [-0.25, -0.2) is 18.7 Å². The Hall–Kier alpha value is -3.49. The second-order valence-electron chi connectivity index (χ2n) is 5.76. The predicted octanol–water partition coefficient (Wildman–Crippen LogP) is 2.36. The summed E-state index contributed by atoms with van der Waals surface area (Å²) in [6.45, 7) is 0.478. The standard InChI is InChI=1S/C17H14F2N6O/c18-8-2-1-3-10(13(8)19)24-15-12-9(4-6-21-16(12)26)23-14(15)11-5-7-22-17(20)25-11/h1-3,5,7,23-24H,4,6H2,(H,21,26)(H2,20,22,25). The molecule has 5 N–H and O–H groups in total. The molecule has 0 spiro atoms. The van der Waals surface area contributed by atoms with E-state index in [1.54, 1.807) is 6.07 Å². The molecule has 7 nitrogen and oxygen atoms in total. The lowest BCUT2D eigenvalue weighted by Gasteiger charge is -2.15. The number of H-pyrrole nitrogens is 1. The first kappa shape index (κ1) is 16.0. The van der Waals surface area contributed by atoms with Crippen LogP contribution in [-0.2, 0) is 6.42 Å². The molecule has 0 bridgehead atoms. The van der Waals surface area contributed by atoms with Crippen LogP contribution in [0.4, 0.5) is 26.1 Å². The van der Waals surface area contributed by atoms with Gasteiger partial charge >= 0.3 is 0 Å². The smallest absolute Gasteiger partial charge is 0.255 e. The Balaban J connectivity index is 1.90. The molecule has 3 heterocycles. The topological polar surface area (TPSA) is 109 Å². The monoisotopic (exact) mass is 356 g/mol. The van der Waals surface area contributed by atoms with Crippen molar-refractivity contribution in [2.75, 3.05) is 17.6 Å². The van der Waals surface area contributed by atoms with Gasteiger partial charge in [0.25, 0.3) is 5.91 Å². The van der Waals surface area contributed by atoms with E-state index in [-0.39, 0.29) is 17.5 Å². The highest BCUT2D eigenvalue weighted by Crippen LogP contribution is 2.36. The Morgan fingerprint density at radius 2 is 2.08 bits per heavy atom. The summed E-state index contributed by atoms with van der Waals surface area (Å²) in [5.74, 6) is -2.28. The Bertz CT molecular complexity index is 1020. The second-order valence-corrected chi connectivity index (χ2v) is 5.76. The molecule has 1 aliphatic heterocycles. The molecule has 4 rings (SSSR count). The molecule has 0 radical (unpaired) electrons. The molecular weight excluding hydrogens is 342 g/mol. The average Bonchev–Trinajstić information content (AvgIpc) is 2.99. The number of hydrogen-bond donors (Lipinski definition) is 4. The Kier molecular flexibility index (Phi) is 3.76. The molecule has 1 amide bonds. The number of amides is 1. The van der Waals surface area contributed by atoms with E-state index < -0.39 is 11.6 Å². The van der Waals surface area contributed by atoms with Crippen molar-refractivity contribution in [2.24, 2.45) is 0 Å². The molecule has 0 saturated carbocycles. The molecule has 132 valence electrons. The third-order valence-electron chi connectivity index (χ3n) is 4.11. The third-order valence-corrected chi connectivity index (χ3v) is 4.11. The van der Waals surface area contributed by atoms with Gasteiger partial charge in [-0.05, 0) is 18.2 Å². The minimum absolute atomic E-state index is 0.0578. The van der Waals surface area contributed by atoms with Gasteiger partial charge in [-0.3, -0.25) is 4.79 Å². The number of fused-ring (bicyclic) bond motifs is 1. The van der Waals surface area contributed by atoms with Gasteiger partial charge in [0.2, 0.25) is 5.95 Å². The van der Waals surface area contributed by atoms with Crippen molar-refractivity contribution in [2.45, 2.75) is 6.42 Å². The van der Waals surface area contributed by atoms with Crippen LogP contribution in [0.3, 0.4) is 0 Å². The number of carbonyl (C=O) groups excluding carboxylic acids is 1. The van der Waals surface area contributed by atoms with Crippen LogP contribution in [0, 0.1) is 11.6 Å². The fourth-order valence-electron chi connectivity index (χ4n) is 2.94. The number of aromatic amines is 1. The summed E-state index contributed by atoms with van der Waals surface area (Å²) in [5, 5.41) is 5.57. The molecule has 2 aromatic heterocycles. The summed E-state index contributed by atoms with van der Waals surface area (Å²) in [6, 6.07) is 5.39. The van der Waals surface area contributed by atoms with Gasteiger partial charge in [-0.1, -0.05) is 6.07 Å². The average molecular weight is 356 g/mol. The number of rotatable bonds is 3. The summed E-state index contributed by atoms with van der Waals surface area (Å²) < 4.78 is 27.7. The van der Waals surface area contributed by atoms with E-state index in [1.165, 1.54) is 18.3 Å². The van der Waals surface area contributed by atoms with Gasteiger partial charge in [0.1, 0.15) is 0 Å². The maximum Gasteiger partial charge on any atom is 0.255 e. The molecule has 3 aromatic rings. The van der Waals surface area contributed by atoms with Crippen LogP contribution in [0.5, 0.6) is 0 Å². The molecule has 0 saturated heterocycles. The van der Waals surface area contributed by atoms with Crippen molar-refractivity contribution in [3.8, 4) is 11.4 Å². The quantitative estimate of drug-likeness (QED) is 0.576. The van der Waals surface area contributed by atoms with Gasteiger partial charge in [0.15, 0.2) is 11.6 Å². The lowest BCUT2D eigenvalue weighted by Crippen LogP contribution is -2.31. The van der Waals surface area contributed by atoms with E-state index in [4.69, 9.17) is 5.73 Å². The molecule has 26 heavy (non-hydrogen) atoms. The minimum Gasteiger partial charge on any atom is -0.368 e. The van der Waals surface area contributed by atoms with Gasteiger partial charge in [0, 0.05) is 24.9 Å². The Morgan fingerprint density at radius 3 is 2.88 bits per heavy atom. The summed E-state index contributed by atoms with van der Waals surface area (Å²) in [5.41, 5.74) is 7.76. The van der Waals surface area contributed by atoms with E-state index >= 15 is 0 Å². The highest BCUT2D eigenvalue weighted by atomic mass is 19.2. The second kappa shape index (κ2) is 6.10. The first-order valence-corrected chi connectivity index (χ1v) is 7.87. The van der Waals surface area contributed by atoms with E-state index in [1.807, 2.05) is 0 Å². The number of nitrogens with zero attached hydrogens (tertiary/aromatic N) is 2. The van der Waals surface area contributed by atoms with Gasteiger partial charge in [0.05, 0.1) is 28.3 Å². The normalized spacial score (nSPS) is 13.2. The summed E-state index contributed by atoms with van der Waals surface area (Å²) in [4.78, 5) is 23.5. The SMILES string of the molecule is Nc1nccc(-c2[nH]c3c(c2Nc2cccc(F)c2F)C(=O)NCC3)n1. The molecule has 0 unspecified atom stereocenters. The fourth-order valence-corrected chi connectivity index (χ4v) is 2.94. The van der Waals surface area contributed by atoms with Crippen LogP contribution >= 0.6 is 0 Å². The number of nitrogens with one attached hydrogen (secondary N) is 3. The maximum atomic E-state index is 14.1. The Morgan fingerprint density at radius 1 is 1.23 bits per heavy atom. The van der Waals surface area contributed by atoms with E-state index in [0.717, 1.165) is 6.07 Å². The molecule has 1 aromatic carbocycles. The van der Waals surface area contributed by atoms with Crippen molar-refractivity contribution in [3.63, 3.8) is 0 Å². The Labute approximate surface area is 146 Å². The molecule has 9 heteroatoms. The summed E-state index contributed by atoms with van der Waals surface area (Å²) in [7, 11) is 0. The number of halogens is 2. The van der Waals surface area contributed by atoms with Gasteiger partial charge in [-0.15, -0.1) is 0 Å². The van der Waals surface area contributed by atoms with Crippen LogP contribution in [0.25, 0.3) is 11.4 Å². The largest absolute Gasteiger partial charge is 0.368 e. The number of nitrogens with two attached hydrogens (primary N) is 1. The van der Waals surface area contributed by atoms with Crippen LogP contribution in [0.15, 0.2) is 30.5 Å². The third kappa shape index (κ3) is 2.63. The number of anilines is 3. The van der Waals surface area contributed by atoms with Gasteiger partial charge < -0.3 is 21.4 Å². The van der Waals surface area contributed by atoms with E-state index in [9.17, 15) is 13.6 Å². The lowest BCUT2D eigenvalue weighted by atomic mass is 10.1. The van der Waals surface area contributed by atoms with Crippen molar-refractivity contribution >= 4 is 23.2 Å². The van der Waals surface area contributed by atoms with Gasteiger partial charge in [-0.2, -0.15) is 0 Å². The maximum absolute atomic E-state index is 14.1. The van der Waals surface area contributed by atoms with Crippen LogP contribution in [-0.4, -0.2) is 27.4 Å². The van der Waals surface area contributed by atoms with Crippen LogP contribution in [0.2, 0.25) is 0 Å². The van der Waals surface area contributed by atoms with Crippen LogP contribution in [0.1, 0.15) is 16.1 Å². The zero-order chi connectivity index (χ0) is 18.3. The molecule has 0 aliphatic carbocycles. The summed E-state index contributed by atoms with van der Waals surface area (Å²) in [6.07, 6.45) is 2.05. The minimum atomic E-state index is -1.04. The molecule has 0 atom stereocenters. The van der Waals surface area contributed by atoms with E-state index in [2.05, 4.69) is 25.6 Å². The first-order valence-electron chi connectivity index (χ1n) is 7.87. The fraction of sp³-hybridized carbons (Fsp3) is 0.118. The predicted molar refractivity (Wildman–Crippen MR) is 91.9 cm³/mol. The number of nitrogen functional groups attached to an aromatic ring is 1. The molecular formula is C17H14F2N6O. The zero-order valence-corrected chi connectivity index (χ0v) is 13.4. The number of benzene rings is 1. The highest BCUT2D eigenvalue weighted by Gasteiger charge is 2.28. The van der Waals surface area contributed by atoms with Crippen molar-refractivity contribution in [1.82, 2.24) is 20.3 Å². The number of hydrogen-bond acceptors (Lipinski definition) is 5. The molecule has 0 fully saturated rings. The van der Waals surface area contributed by atoms with Crippen molar-refractivity contribution < 1.29 is 13.6 Å². The highest BCUT2D eigenvalue weighted by molar-refractivity contribution is 6.06. The van der Waals surface area contributed by atoms with Crippen molar-refractivity contribution in [1.29, 1.82) is 0 Å². The summed E-state index contributed by atoms with van der Waals surface area (Å²) >= 11 is 0. The zero-order valence-electron chi connectivity index (χ0n) is 13.4. The lowest BCUT2D eigenvalue weighted by molar-refractivity contribution is 0.0947. The number of aromatic nitrogens is 3. The van der Waals surface area contributed by atoms with E-state index in [0.29, 0.717) is 41.3 Å². The molecule has 1 aliphatic rings. The number of carbonyl (C=O) groups is 1. The van der Waals surface area contributed by atoms with Crippen LogP contribution < -0.4 is 16.4 Å².